The fraction of sp³-hybridized carbons (Fsp3) is 0.0435. The third-order valence-corrected chi connectivity index (χ3v) is 4.59. The molecule has 9 heteroatoms. The second kappa shape index (κ2) is 8.18. The van der Waals surface area contributed by atoms with Crippen molar-refractivity contribution in [3.8, 4) is 5.75 Å². The topological polar surface area (TPSA) is 58.6 Å². The second-order valence-electron chi connectivity index (χ2n) is 6.74. The Labute approximate surface area is 179 Å². The first-order valence-corrected chi connectivity index (χ1v) is 9.30. The largest absolute Gasteiger partial charge is 0.573 e. The molecule has 0 radical (unpaired) electrons. The lowest BCUT2D eigenvalue weighted by molar-refractivity contribution is -0.274. The molecule has 0 unspecified atom stereocenters. The first-order valence-electron chi connectivity index (χ1n) is 9.30. The van der Waals surface area contributed by atoms with Crippen LogP contribution in [0.2, 0.25) is 0 Å². The summed E-state index contributed by atoms with van der Waals surface area (Å²) in [6.45, 7) is 0. The molecule has 0 aromatic heterocycles. The van der Waals surface area contributed by atoms with E-state index >= 15 is 0 Å². The average molecular weight is 442 g/mol. The van der Waals surface area contributed by atoms with Crippen molar-refractivity contribution in [1.29, 1.82) is 0 Å². The molecule has 3 aromatic carbocycles. The summed E-state index contributed by atoms with van der Waals surface area (Å²) in [6.07, 6.45) is -4.87. The zero-order valence-electron chi connectivity index (χ0n) is 16.2. The van der Waals surface area contributed by atoms with Crippen LogP contribution in [-0.2, 0) is 9.59 Å². The van der Waals surface area contributed by atoms with Crippen LogP contribution < -0.4 is 15.0 Å². The van der Waals surface area contributed by atoms with Gasteiger partial charge in [-0.2, -0.15) is 0 Å². The zero-order valence-corrected chi connectivity index (χ0v) is 16.2. The smallest absolute Gasteiger partial charge is 0.406 e. The van der Waals surface area contributed by atoms with E-state index in [4.69, 9.17) is 0 Å². The van der Waals surface area contributed by atoms with E-state index in [1.54, 1.807) is 30.3 Å². The van der Waals surface area contributed by atoms with E-state index in [1.807, 2.05) is 0 Å². The summed E-state index contributed by atoms with van der Waals surface area (Å²) in [5.74, 6) is -2.32. The molecule has 162 valence electrons. The fourth-order valence-electron chi connectivity index (χ4n) is 3.23. The Morgan fingerprint density at radius 3 is 2.00 bits per heavy atom. The zero-order chi connectivity index (χ0) is 22.9. The normalized spacial score (nSPS) is 14.2. The van der Waals surface area contributed by atoms with Crippen molar-refractivity contribution < 1.29 is 31.9 Å². The van der Waals surface area contributed by atoms with Gasteiger partial charge in [-0.3, -0.25) is 9.59 Å². The summed E-state index contributed by atoms with van der Waals surface area (Å²) in [5.41, 5.74) is 0.958. The molecule has 3 aromatic rings. The van der Waals surface area contributed by atoms with Crippen molar-refractivity contribution in [1.82, 2.24) is 0 Å². The Bertz CT molecular complexity index is 1190. The molecule has 1 aliphatic heterocycles. The molecular formula is C23H14F4N2O3. The highest BCUT2D eigenvalue weighted by Crippen LogP contribution is 2.34. The van der Waals surface area contributed by atoms with Crippen molar-refractivity contribution in [2.75, 3.05) is 10.2 Å². The number of alkyl halides is 3. The fourth-order valence-corrected chi connectivity index (χ4v) is 3.23. The summed E-state index contributed by atoms with van der Waals surface area (Å²) in [6, 6.07) is 18.0. The first-order chi connectivity index (χ1) is 15.2. The Morgan fingerprint density at radius 2 is 1.41 bits per heavy atom. The third-order valence-electron chi connectivity index (χ3n) is 4.59. The maximum Gasteiger partial charge on any atom is 0.573 e. The van der Waals surface area contributed by atoms with E-state index in [-0.39, 0.29) is 17.0 Å². The van der Waals surface area contributed by atoms with E-state index < -0.39 is 29.7 Å². The number of nitrogens with one attached hydrogen (secondary N) is 1. The highest BCUT2D eigenvalue weighted by molar-refractivity contribution is 6.46. The Morgan fingerprint density at radius 1 is 0.781 bits per heavy atom. The number of halogens is 4. The van der Waals surface area contributed by atoms with Crippen LogP contribution in [0, 0.1) is 5.82 Å². The average Bonchev–Trinajstić information content (AvgIpc) is 2.99. The number of imide groups is 1. The summed E-state index contributed by atoms with van der Waals surface area (Å²) in [5, 5.41) is 2.87. The van der Waals surface area contributed by atoms with Crippen molar-refractivity contribution in [2.24, 2.45) is 0 Å². The SMILES string of the molecule is O=C1C(Nc2ccc(F)cc2)=C(c2ccccc2)C(=O)N1c1ccc(OC(F)(F)F)cc1. The molecule has 0 atom stereocenters. The molecule has 1 N–H and O–H groups in total. The minimum atomic E-state index is -4.87. The quantitative estimate of drug-likeness (QED) is 0.440. The van der Waals surface area contributed by atoms with Gasteiger partial charge >= 0.3 is 6.36 Å². The number of hydrogen-bond acceptors (Lipinski definition) is 4. The number of rotatable bonds is 5. The van der Waals surface area contributed by atoms with Crippen LogP contribution >= 0.6 is 0 Å². The molecule has 5 nitrogen and oxygen atoms in total. The molecular weight excluding hydrogens is 428 g/mol. The van der Waals surface area contributed by atoms with Gasteiger partial charge in [0.2, 0.25) is 0 Å². The first kappa shape index (κ1) is 21.1. The number of anilines is 2. The monoisotopic (exact) mass is 442 g/mol. The van der Waals surface area contributed by atoms with Crippen LogP contribution in [0.3, 0.4) is 0 Å². The summed E-state index contributed by atoms with van der Waals surface area (Å²) in [7, 11) is 0. The van der Waals surface area contributed by atoms with Gasteiger partial charge in [-0.25, -0.2) is 9.29 Å². The van der Waals surface area contributed by atoms with Crippen molar-refractivity contribution in [2.45, 2.75) is 6.36 Å². The highest BCUT2D eigenvalue weighted by Gasteiger charge is 2.40. The summed E-state index contributed by atoms with van der Waals surface area (Å²) >= 11 is 0. The van der Waals surface area contributed by atoms with Crippen molar-refractivity contribution >= 4 is 28.8 Å². The van der Waals surface area contributed by atoms with E-state index in [2.05, 4.69) is 10.1 Å². The third kappa shape index (κ3) is 4.31. The van der Waals surface area contributed by atoms with Gasteiger partial charge in [-0.15, -0.1) is 13.2 Å². The van der Waals surface area contributed by atoms with Crippen LogP contribution in [0.4, 0.5) is 28.9 Å². The van der Waals surface area contributed by atoms with Gasteiger partial charge in [-0.05, 0) is 54.1 Å². The van der Waals surface area contributed by atoms with Crippen LogP contribution in [0.25, 0.3) is 5.57 Å². The molecule has 4 rings (SSSR count). The lowest BCUT2D eigenvalue weighted by Crippen LogP contribution is -2.32. The summed E-state index contributed by atoms with van der Waals surface area (Å²) < 4.78 is 54.3. The number of amides is 2. The lowest BCUT2D eigenvalue weighted by atomic mass is 10.0. The van der Waals surface area contributed by atoms with Gasteiger partial charge in [0.15, 0.2) is 0 Å². The molecule has 0 aliphatic carbocycles. The molecule has 32 heavy (non-hydrogen) atoms. The van der Waals surface area contributed by atoms with Crippen LogP contribution in [0.1, 0.15) is 5.56 Å². The molecule has 0 saturated carbocycles. The Hall–Kier alpha value is -4.14. The molecule has 0 fully saturated rings. The Kier molecular flexibility index (Phi) is 5.40. The minimum Gasteiger partial charge on any atom is -0.406 e. The van der Waals surface area contributed by atoms with Gasteiger partial charge in [-0.1, -0.05) is 30.3 Å². The van der Waals surface area contributed by atoms with Gasteiger partial charge in [0.25, 0.3) is 11.8 Å². The van der Waals surface area contributed by atoms with Crippen molar-refractivity contribution in [3.63, 3.8) is 0 Å². The molecule has 0 bridgehead atoms. The number of hydrogen-bond donors (Lipinski definition) is 1. The van der Waals surface area contributed by atoms with Crippen LogP contribution in [0.15, 0.2) is 84.6 Å². The molecule has 2 amide bonds. The molecule has 0 spiro atoms. The van der Waals surface area contributed by atoms with Crippen LogP contribution in [0.5, 0.6) is 5.75 Å². The number of ether oxygens (including phenoxy) is 1. The lowest BCUT2D eigenvalue weighted by Gasteiger charge is -2.16. The number of benzene rings is 3. The van der Waals surface area contributed by atoms with Gasteiger partial charge < -0.3 is 10.1 Å². The van der Waals surface area contributed by atoms with E-state index in [9.17, 15) is 27.2 Å². The van der Waals surface area contributed by atoms with E-state index in [0.29, 0.717) is 11.3 Å². The number of nitrogens with zero attached hydrogens (tertiary/aromatic N) is 1. The minimum absolute atomic E-state index is 0.0385. The number of carbonyl (C=O) groups is 2. The van der Waals surface area contributed by atoms with E-state index in [1.165, 1.54) is 36.4 Å². The predicted molar refractivity (Wildman–Crippen MR) is 109 cm³/mol. The second-order valence-corrected chi connectivity index (χ2v) is 6.74. The van der Waals surface area contributed by atoms with Gasteiger partial charge in [0.1, 0.15) is 17.3 Å². The van der Waals surface area contributed by atoms with Gasteiger partial charge in [0, 0.05) is 5.69 Å². The standard InChI is InChI=1S/C23H14F4N2O3/c24-15-6-8-16(9-7-15)28-20-19(14-4-2-1-3-5-14)21(30)29(22(20)31)17-10-12-18(13-11-17)32-23(25,26)27/h1-13,28H. The number of carbonyl (C=O) groups excluding carboxylic acids is 2. The summed E-state index contributed by atoms with van der Waals surface area (Å²) in [4.78, 5) is 27.3. The Balaban J connectivity index is 1.71. The van der Waals surface area contributed by atoms with E-state index in [0.717, 1.165) is 17.0 Å². The molecule has 1 aliphatic rings. The maximum atomic E-state index is 13.2. The van der Waals surface area contributed by atoms with Crippen molar-refractivity contribution in [3.05, 3.63) is 95.9 Å². The molecule has 1 heterocycles. The maximum absolute atomic E-state index is 13.2. The predicted octanol–water partition coefficient (Wildman–Crippen LogP) is 5.12. The van der Waals surface area contributed by atoms with Gasteiger partial charge in [0.05, 0.1) is 11.3 Å². The molecule has 0 saturated heterocycles. The van der Waals surface area contributed by atoms with Crippen LogP contribution in [-0.4, -0.2) is 18.2 Å². The highest BCUT2D eigenvalue weighted by atomic mass is 19.4.